The first-order chi connectivity index (χ1) is 13.0. The second-order valence-corrected chi connectivity index (χ2v) is 7.48. The molecule has 4 rings (SSSR count). The number of aliphatic hydroxyl groups is 1. The van der Waals surface area contributed by atoms with Gasteiger partial charge >= 0.3 is 0 Å². The molecule has 4 nitrogen and oxygen atoms in total. The summed E-state index contributed by atoms with van der Waals surface area (Å²) in [6.07, 6.45) is 1.36. The molecule has 5 heteroatoms. The third-order valence-electron chi connectivity index (χ3n) is 6.13. The number of amides is 1. The van der Waals surface area contributed by atoms with Crippen LogP contribution in [0.4, 0.5) is 10.1 Å². The van der Waals surface area contributed by atoms with Gasteiger partial charge in [-0.25, -0.2) is 4.39 Å². The molecule has 2 aromatic rings. The van der Waals surface area contributed by atoms with E-state index in [0.29, 0.717) is 6.42 Å². The van der Waals surface area contributed by atoms with Crippen LogP contribution in [0.5, 0.6) is 0 Å². The van der Waals surface area contributed by atoms with Gasteiger partial charge in [-0.2, -0.15) is 0 Å². The largest absolute Gasteiger partial charge is 0.394 e. The van der Waals surface area contributed by atoms with Gasteiger partial charge in [-0.3, -0.25) is 4.79 Å². The van der Waals surface area contributed by atoms with Crippen LogP contribution in [0.15, 0.2) is 42.5 Å². The Bertz CT molecular complexity index is 869. The molecule has 2 aliphatic rings. The maximum absolute atomic E-state index is 13.7. The monoisotopic (exact) mass is 368 g/mol. The van der Waals surface area contributed by atoms with Crippen LogP contribution in [0.2, 0.25) is 0 Å². The minimum atomic E-state index is -0.260. The van der Waals surface area contributed by atoms with Crippen LogP contribution in [-0.2, 0) is 4.79 Å². The Labute approximate surface area is 159 Å². The van der Waals surface area contributed by atoms with E-state index in [-0.39, 0.29) is 36.3 Å². The molecule has 3 atom stereocenters. The van der Waals surface area contributed by atoms with Crippen molar-refractivity contribution in [2.75, 3.05) is 25.1 Å². The lowest BCUT2D eigenvalue weighted by molar-refractivity contribution is -0.132. The first-order valence-electron chi connectivity index (χ1n) is 9.58. The highest BCUT2D eigenvalue weighted by Crippen LogP contribution is 2.49. The van der Waals surface area contributed by atoms with Crippen molar-refractivity contribution in [2.24, 2.45) is 5.92 Å². The van der Waals surface area contributed by atoms with Crippen LogP contribution in [0.25, 0.3) is 11.1 Å². The number of rotatable bonds is 3. The van der Waals surface area contributed by atoms with Crippen molar-refractivity contribution in [2.45, 2.75) is 31.8 Å². The molecule has 0 unspecified atom stereocenters. The fraction of sp³-hybridized carbons (Fsp3) is 0.409. The van der Waals surface area contributed by atoms with E-state index in [2.05, 4.69) is 11.0 Å². The van der Waals surface area contributed by atoms with E-state index in [1.54, 1.807) is 6.07 Å². The van der Waals surface area contributed by atoms with Crippen molar-refractivity contribution in [1.82, 2.24) is 4.90 Å². The summed E-state index contributed by atoms with van der Waals surface area (Å²) < 4.78 is 13.7. The third kappa shape index (κ3) is 2.90. The molecule has 1 saturated heterocycles. The van der Waals surface area contributed by atoms with Gasteiger partial charge in [0.15, 0.2) is 0 Å². The highest BCUT2D eigenvalue weighted by atomic mass is 19.1. The number of halogens is 1. The average molecular weight is 368 g/mol. The van der Waals surface area contributed by atoms with Gasteiger partial charge in [-0.15, -0.1) is 0 Å². The summed E-state index contributed by atoms with van der Waals surface area (Å²) in [5.74, 6) is 0.0841. The zero-order valence-corrected chi connectivity index (χ0v) is 15.7. The van der Waals surface area contributed by atoms with Gasteiger partial charge in [0.25, 0.3) is 0 Å². The first kappa shape index (κ1) is 18.0. The van der Waals surface area contributed by atoms with E-state index in [4.69, 9.17) is 0 Å². The lowest BCUT2D eigenvalue weighted by Crippen LogP contribution is -2.48. The van der Waals surface area contributed by atoms with Crippen LogP contribution in [0, 0.1) is 11.7 Å². The number of aliphatic hydroxyl groups excluding tert-OH is 1. The van der Waals surface area contributed by atoms with Gasteiger partial charge in [-0.05, 0) is 47.4 Å². The number of fused-ring (bicyclic) bond motifs is 3. The SMILES string of the molecule is CCC(=O)N1CC[C@@H]2[C@@H](CO)N(C)c3ccc(-c4cccc(F)c4)cc3[C@@H]21. The number of carbonyl (C=O) groups excluding carboxylic acids is 1. The van der Waals surface area contributed by atoms with Crippen molar-refractivity contribution >= 4 is 11.6 Å². The Morgan fingerprint density at radius 3 is 2.70 bits per heavy atom. The predicted octanol–water partition coefficient (Wildman–Crippen LogP) is 3.60. The summed E-state index contributed by atoms with van der Waals surface area (Å²) in [6, 6.07) is 12.7. The second kappa shape index (κ2) is 6.97. The van der Waals surface area contributed by atoms with Gasteiger partial charge in [0.1, 0.15) is 5.82 Å². The van der Waals surface area contributed by atoms with E-state index in [0.717, 1.165) is 35.3 Å². The topological polar surface area (TPSA) is 43.8 Å². The molecule has 2 aliphatic heterocycles. The number of likely N-dealkylation sites (N-methyl/N-ethyl adjacent to an activating group) is 1. The highest BCUT2D eigenvalue weighted by Gasteiger charge is 2.47. The molecule has 2 aromatic carbocycles. The van der Waals surface area contributed by atoms with Crippen molar-refractivity contribution in [1.29, 1.82) is 0 Å². The predicted molar refractivity (Wildman–Crippen MR) is 104 cm³/mol. The Hall–Kier alpha value is -2.40. The molecular weight excluding hydrogens is 343 g/mol. The molecule has 0 aliphatic carbocycles. The summed E-state index contributed by atoms with van der Waals surface area (Å²) in [5.41, 5.74) is 3.89. The maximum Gasteiger partial charge on any atom is 0.222 e. The van der Waals surface area contributed by atoms with Gasteiger partial charge in [-0.1, -0.05) is 25.1 Å². The molecule has 0 radical (unpaired) electrons. The number of benzene rings is 2. The lowest BCUT2D eigenvalue weighted by atomic mass is 9.81. The molecule has 0 aromatic heterocycles. The summed E-state index contributed by atoms with van der Waals surface area (Å²) >= 11 is 0. The maximum atomic E-state index is 13.7. The Morgan fingerprint density at radius 2 is 2.00 bits per heavy atom. The lowest BCUT2D eigenvalue weighted by Gasteiger charge is -2.44. The minimum absolute atomic E-state index is 0.00261. The smallest absolute Gasteiger partial charge is 0.222 e. The first-order valence-corrected chi connectivity index (χ1v) is 9.58. The van der Waals surface area contributed by atoms with Crippen LogP contribution >= 0.6 is 0 Å². The molecule has 0 bridgehead atoms. The van der Waals surface area contributed by atoms with Crippen molar-refractivity contribution in [3.8, 4) is 11.1 Å². The van der Waals surface area contributed by atoms with E-state index in [9.17, 15) is 14.3 Å². The van der Waals surface area contributed by atoms with Crippen molar-refractivity contribution in [3.63, 3.8) is 0 Å². The average Bonchev–Trinajstić information content (AvgIpc) is 3.12. The summed E-state index contributed by atoms with van der Waals surface area (Å²) in [5, 5.41) is 9.99. The summed E-state index contributed by atoms with van der Waals surface area (Å²) in [6.45, 7) is 2.67. The molecule has 0 spiro atoms. The van der Waals surface area contributed by atoms with Crippen molar-refractivity contribution < 1.29 is 14.3 Å². The number of anilines is 1. The molecule has 1 amide bonds. The molecule has 142 valence electrons. The number of carbonyl (C=O) groups is 1. The second-order valence-electron chi connectivity index (χ2n) is 7.48. The van der Waals surface area contributed by atoms with E-state index < -0.39 is 0 Å². The zero-order chi connectivity index (χ0) is 19.1. The Kier molecular flexibility index (Phi) is 4.64. The normalized spacial score (nSPS) is 23.9. The number of hydrogen-bond donors (Lipinski definition) is 1. The van der Waals surface area contributed by atoms with Gasteiger partial charge in [0.05, 0.1) is 18.7 Å². The van der Waals surface area contributed by atoms with Crippen LogP contribution in [0.1, 0.15) is 31.4 Å². The third-order valence-corrected chi connectivity index (χ3v) is 6.13. The molecule has 1 fully saturated rings. The Morgan fingerprint density at radius 1 is 1.22 bits per heavy atom. The standard InChI is InChI=1S/C22H25FN2O2/c1-3-21(27)25-10-9-17-20(13-26)24(2)19-8-7-15(12-18(19)22(17)25)14-5-4-6-16(23)11-14/h4-8,11-12,17,20,22,26H,3,9-10,13H2,1-2H3/t17-,20-,22-/m1/s1. The number of hydrogen-bond acceptors (Lipinski definition) is 3. The van der Waals surface area contributed by atoms with Gasteiger partial charge < -0.3 is 14.9 Å². The highest BCUT2D eigenvalue weighted by molar-refractivity contribution is 5.78. The van der Waals surface area contributed by atoms with E-state index in [1.165, 1.54) is 12.1 Å². The quantitative estimate of drug-likeness (QED) is 0.900. The van der Waals surface area contributed by atoms with Crippen molar-refractivity contribution in [3.05, 3.63) is 53.8 Å². The van der Waals surface area contributed by atoms with Crippen LogP contribution in [0.3, 0.4) is 0 Å². The van der Waals surface area contributed by atoms with E-state index in [1.807, 2.05) is 37.1 Å². The molecule has 1 N–H and O–H groups in total. The van der Waals surface area contributed by atoms with Gasteiger partial charge in [0, 0.05) is 31.6 Å². The summed E-state index contributed by atoms with van der Waals surface area (Å²) in [7, 11) is 2.00. The molecule has 2 heterocycles. The molecule has 27 heavy (non-hydrogen) atoms. The zero-order valence-electron chi connectivity index (χ0n) is 15.7. The van der Waals surface area contributed by atoms with Gasteiger partial charge in [0.2, 0.25) is 5.91 Å². The summed E-state index contributed by atoms with van der Waals surface area (Å²) in [4.78, 5) is 16.7. The number of likely N-dealkylation sites (tertiary alicyclic amines) is 1. The van der Waals surface area contributed by atoms with Crippen LogP contribution in [-0.4, -0.2) is 42.2 Å². The molecule has 0 saturated carbocycles. The fourth-order valence-electron chi connectivity index (χ4n) is 4.78. The van der Waals surface area contributed by atoms with E-state index >= 15 is 0 Å². The Balaban J connectivity index is 1.84. The van der Waals surface area contributed by atoms with Crippen LogP contribution < -0.4 is 4.90 Å². The minimum Gasteiger partial charge on any atom is -0.394 e. The fourth-order valence-corrected chi connectivity index (χ4v) is 4.78. The number of nitrogens with zero attached hydrogens (tertiary/aromatic N) is 2. The molecular formula is C22H25FN2O2.